The van der Waals surface area contributed by atoms with Gasteiger partial charge in [-0.05, 0) is 38.3 Å². The second kappa shape index (κ2) is 8.10. The van der Waals surface area contributed by atoms with Crippen molar-refractivity contribution in [1.29, 1.82) is 0 Å². The molecule has 1 atom stereocenters. The molecule has 0 saturated heterocycles. The van der Waals surface area contributed by atoms with Crippen LogP contribution in [0.5, 0.6) is 0 Å². The van der Waals surface area contributed by atoms with Crippen molar-refractivity contribution in [3.8, 4) is 0 Å². The number of carbonyl (C=O) groups is 3. The van der Waals surface area contributed by atoms with E-state index < -0.39 is 5.97 Å². The van der Waals surface area contributed by atoms with Crippen molar-refractivity contribution in [1.82, 2.24) is 5.32 Å². The summed E-state index contributed by atoms with van der Waals surface area (Å²) in [5, 5.41) is 6.17. The van der Waals surface area contributed by atoms with Crippen molar-refractivity contribution in [3.63, 3.8) is 0 Å². The summed E-state index contributed by atoms with van der Waals surface area (Å²) in [6.45, 7) is 3.66. The van der Waals surface area contributed by atoms with E-state index in [0.717, 1.165) is 37.0 Å². The monoisotopic (exact) mass is 338 g/mol. The Balaban J connectivity index is 1.76. The fourth-order valence-electron chi connectivity index (χ4n) is 2.11. The molecule has 23 heavy (non-hydrogen) atoms. The third-order valence-electron chi connectivity index (χ3n) is 3.47. The molecule has 1 heterocycles. The second-order valence-corrected chi connectivity index (χ2v) is 6.84. The summed E-state index contributed by atoms with van der Waals surface area (Å²) in [7, 11) is 0. The van der Waals surface area contributed by atoms with Gasteiger partial charge >= 0.3 is 5.97 Å². The first-order valence-electron chi connectivity index (χ1n) is 7.86. The molecule has 126 valence electrons. The van der Waals surface area contributed by atoms with Crippen LogP contribution in [0, 0.1) is 5.92 Å². The van der Waals surface area contributed by atoms with Crippen LogP contribution in [0.25, 0.3) is 0 Å². The van der Waals surface area contributed by atoms with Crippen LogP contribution in [0.2, 0.25) is 0 Å². The Morgan fingerprint density at radius 1 is 1.35 bits per heavy atom. The zero-order valence-corrected chi connectivity index (χ0v) is 14.2. The van der Waals surface area contributed by atoms with Gasteiger partial charge in [0.1, 0.15) is 4.88 Å². The van der Waals surface area contributed by atoms with Crippen LogP contribution in [0.3, 0.4) is 0 Å². The highest BCUT2D eigenvalue weighted by Gasteiger charge is 2.30. The normalized spacial score (nSPS) is 14.9. The lowest BCUT2D eigenvalue weighted by Crippen LogP contribution is -2.35. The molecule has 2 amide bonds. The van der Waals surface area contributed by atoms with Crippen molar-refractivity contribution < 1.29 is 19.1 Å². The number of amides is 2. The van der Waals surface area contributed by atoms with Gasteiger partial charge in [0.15, 0.2) is 6.61 Å². The van der Waals surface area contributed by atoms with Crippen LogP contribution >= 0.6 is 11.3 Å². The summed E-state index contributed by atoms with van der Waals surface area (Å²) in [6, 6.07) is 3.33. The van der Waals surface area contributed by atoms with Crippen molar-refractivity contribution >= 4 is 34.1 Å². The zero-order chi connectivity index (χ0) is 16.8. The number of thiophene rings is 1. The molecule has 0 aromatic carbocycles. The Bertz CT molecular complexity index is 580. The molecule has 1 saturated carbocycles. The van der Waals surface area contributed by atoms with Crippen molar-refractivity contribution in [2.75, 3.05) is 11.9 Å². The quantitative estimate of drug-likeness (QED) is 0.714. The Morgan fingerprint density at radius 2 is 2.09 bits per heavy atom. The van der Waals surface area contributed by atoms with Gasteiger partial charge in [-0.15, -0.1) is 11.3 Å². The van der Waals surface area contributed by atoms with Gasteiger partial charge in [0.25, 0.3) is 5.91 Å². The Labute approximate surface area is 139 Å². The summed E-state index contributed by atoms with van der Waals surface area (Å²) in [5.41, 5.74) is 0. The van der Waals surface area contributed by atoms with Gasteiger partial charge in [0, 0.05) is 12.0 Å². The van der Waals surface area contributed by atoms with Crippen LogP contribution in [-0.4, -0.2) is 30.4 Å². The zero-order valence-electron chi connectivity index (χ0n) is 13.4. The van der Waals surface area contributed by atoms with Crippen LogP contribution in [0.4, 0.5) is 5.00 Å². The molecule has 0 bridgehead atoms. The maximum Gasteiger partial charge on any atom is 0.348 e. The Kier molecular flexibility index (Phi) is 6.15. The third-order valence-corrected chi connectivity index (χ3v) is 4.45. The van der Waals surface area contributed by atoms with E-state index in [-0.39, 0.29) is 30.4 Å². The maximum absolute atomic E-state index is 11.9. The highest BCUT2D eigenvalue weighted by molar-refractivity contribution is 7.18. The van der Waals surface area contributed by atoms with Gasteiger partial charge in [-0.3, -0.25) is 9.59 Å². The fourth-order valence-corrected chi connectivity index (χ4v) is 2.91. The average Bonchev–Trinajstić information content (AvgIpc) is 3.25. The summed E-state index contributed by atoms with van der Waals surface area (Å²) in [5.74, 6) is -0.754. The summed E-state index contributed by atoms with van der Waals surface area (Å²) in [6.07, 6.45) is 3.72. The minimum absolute atomic E-state index is 0.00365. The standard InChI is InChI=1S/C16H22N2O4S/c1-3-4-10(2)17-13(19)9-22-16(21)12-7-8-14(23-12)18-15(20)11-5-6-11/h7-8,10-11H,3-6,9H2,1-2H3,(H,17,19)(H,18,20). The van der Waals surface area contributed by atoms with Crippen LogP contribution in [-0.2, 0) is 14.3 Å². The number of esters is 1. The Hall–Kier alpha value is -1.89. The van der Waals surface area contributed by atoms with E-state index in [0.29, 0.717) is 9.88 Å². The highest BCUT2D eigenvalue weighted by Crippen LogP contribution is 2.31. The number of carbonyl (C=O) groups excluding carboxylic acids is 3. The van der Waals surface area contributed by atoms with Gasteiger partial charge in [-0.25, -0.2) is 4.79 Å². The lowest BCUT2D eigenvalue weighted by Gasteiger charge is -2.12. The molecule has 1 unspecified atom stereocenters. The number of anilines is 1. The molecule has 6 nitrogen and oxygen atoms in total. The molecule has 0 aliphatic heterocycles. The van der Waals surface area contributed by atoms with E-state index >= 15 is 0 Å². The molecule has 1 aromatic rings. The van der Waals surface area contributed by atoms with Gasteiger partial charge in [0.05, 0.1) is 5.00 Å². The van der Waals surface area contributed by atoms with Gasteiger partial charge in [0.2, 0.25) is 5.91 Å². The first-order chi connectivity index (χ1) is 11.0. The fraction of sp³-hybridized carbons (Fsp3) is 0.562. The van der Waals surface area contributed by atoms with Crippen LogP contribution < -0.4 is 10.6 Å². The van der Waals surface area contributed by atoms with Gasteiger partial charge in [-0.1, -0.05) is 13.3 Å². The van der Waals surface area contributed by atoms with E-state index in [1.807, 2.05) is 13.8 Å². The number of hydrogen-bond acceptors (Lipinski definition) is 5. The largest absolute Gasteiger partial charge is 0.451 e. The molecular formula is C16H22N2O4S. The summed E-state index contributed by atoms with van der Waals surface area (Å²) >= 11 is 1.15. The SMILES string of the molecule is CCCC(C)NC(=O)COC(=O)c1ccc(NC(=O)C2CC2)s1. The number of hydrogen-bond donors (Lipinski definition) is 2. The van der Waals surface area contributed by atoms with Gasteiger partial charge < -0.3 is 15.4 Å². The van der Waals surface area contributed by atoms with Crippen LogP contribution in [0.1, 0.15) is 49.2 Å². The molecule has 1 aromatic heterocycles. The van der Waals surface area contributed by atoms with Crippen LogP contribution in [0.15, 0.2) is 12.1 Å². The summed E-state index contributed by atoms with van der Waals surface area (Å²) < 4.78 is 4.99. The lowest BCUT2D eigenvalue weighted by molar-refractivity contribution is -0.124. The van der Waals surface area contributed by atoms with Crippen molar-refractivity contribution in [3.05, 3.63) is 17.0 Å². The second-order valence-electron chi connectivity index (χ2n) is 5.76. The Morgan fingerprint density at radius 3 is 2.74 bits per heavy atom. The molecular weight excluding hydrogens is 316 g/mol. The minimum Gasteiger partial charge on any atom is -0.451 e. The van der Waals surface area contributed by atoms with E-state index in [4.69, 9.17) is 4.74 Å². The van der Waals surface area contributed by atoms with Crippen molar-refractivity contribution in [2.24, 2.45) is 5.92 Å². The van der Waals surface area contributed by atoms with E-state index in [1.54, 1.807) is 12.1 Å². The molecule has 1 aliphatic rings. The topological polar surface area (TPSA) is 84.5 Å². The highest BCUT2D eigenvalue weighted by atomic mass is 32.1. The third kappa shape index (κ3) is 5.67. The lowest BCUT2D eigenvalue weighted by atomic mass is 10.2. The number of ether oxygens (including phenoxy) is 1. The maximum atomic E-state index is 11.9. The molecule has 0 radical (unpaired) electrons. The molecule has 1 aliphatic carbocycles. The molecule has 2 N–H and O–H groups in total. The summed E-state index contributed by atoms with van der Waals surface area (Å²) in [4.78, 5) is 35.6. The minimum atomic E-state index is -0.555. The smallest absolute Gasteiger partial charge is 0.348 e. The molecule has 1 fully saturated rings. The van der Waals surface area contributed by atoms with Crippen molar-refractivity contribution in [2.45, 2.75) is 45.6 Å². The molecule has 2 rings (SSSR count). The van der Waals surface area contributed by atoms with E-state index in [2.05, 4.69) is 10.6 Å². The molecule has 0 spiro atoms. The average molecular weight is 338 g/mol. The number of rotatable bonds is 8. The number of nitrogens with one attached hydrogen (secondary N) is 2. The first-order valence-corrected chi connectivity index (χ1v) is 8.68. The van der Waals surface area contributed by atoms with E-state index in [9.17, 15) is 14.4 Å². The molecule has 7 heteroatoms. The predicted molar refractivity (Wildman–Crippen MR) is 88.5 cm³/mol. The van der Waals surface area contributed by atoms with E-state index in [1.165, 1.54) is 0 Å². The van der Waals surface area contributed by atoms with Gasteiger partial charge in [-0.2, -0.15) is 0 Å². The first kappa shape index (κ1) is 17.5. The predicted octanol–water partition coefficient (Wildman–Crippen LogP) is 2.56.